The number of anilines is 1. The Morgan fingerprint density at radius 1 is 0.532 bits per heavy atom. The van der Waals surface area contributed by atoms with E-state index in [2.05, 4.69) is 138 Å². The Morgan fingerprint density at radius 3 is 1.66 bits per heavy atom. The number of rotatable bonds is 1. The molecule has 3 unspecified atom stereocenters. The SMILES string of the molecule is C.C.C.[CH2-][NH+]1CC=C(C)CC1.[CH2-][NH+]1CCC2(CC1)C(=O)NCN2c1ccccc1.[CH2-][NH+]1CCC2(CC1)OCCO2.[CH2-][NH+]1CCCCC1.[CH2-][NH+]1CCOCC1.[CH2-][NH+]1CCc2c([nH]c3ccccc23)C1.[CH2-][NH+]1CCc2ccccc2C1. The average molecular weight is 1100 g/mol. The molecular weight excluding hydrogens is 985 g/mol. The van der Waals surface area contributed by atoms with Gasteiger partial charge in [-0.05, 0) is 61.6 Å². The quantitative estimate of drug-likeness (QED) is 0.104. The fraction of sp³-hybridized carbons (Fsp3) is 0.538. The van der Waals surface area contributed by atoms with Crippen LogP contribution >= 0.6 is 0 Å². The van der Waals surface area contributed by atoms with Crippen molar-refractivity contribution in [3.63, 3.8) is 0 Å². The standard InChI is InChI=1S/C14H19N3O.C12H14N2.C10H13N.C8H15NO2.C7H13N.C6H13N.C5H11NO.3CH4/c1-16-9-7-14(8-10-16)13(18)15-11-17(14)12-5-3-2-4-6-12;1-14-7-6-10-9-4-2-3-5-11(9)13-12(10)8-14;1-11-7-6-9-4-2-3-5-10(9)8-11;1-9-4-2-8(3-5-9)10-6-7-11-8;1-7-3-5-8(2)6-4-7;1-7-5-3-2-4-6-7;1-6-2-4-7-5-3-6;;;/h2-6,16H,1,7-11H2,(H,15,18);2-5,13-14H,1,6-8H2;2-5,11H,1,6-8H2;9H,1-7H2;3,8H,2,4-6H2,1H3;7H,1-6H2;6H,1-5H2;3*1H4. The molecule has 10 heterocycles. The molecule has 14 nitrogen and oxygen atoms in total. The van der Waals surface area contributed by atoms with E-state index >= 15 is 0 Å². The van der Waals surface area contributed by atoms with E-state index in [4.69, 9.17) is 14.2 Å². The predicted molar refractivity (Wildman–Crippen MR) is 323 cm³/mol. The highest BCUT2D eigenvalue weighted by Gasteiger charge is 2.50. The number of aromatic nitrogens is 1. The number of hydrogen-bond donors (Lipinski definition) is 9. The molecule has 3 aromatic carbocycles. The van der Waals surface area contributed by atoms with Crippen LogP contribution in [0.15, 0.2) is 90.5 Å². The molecule has 79 heavy (non-hydrogen) atoms. The van der Waals surface area contributed by atoms with E-state index < -0.39 is 0 Å². The molecule has 9 N–H and O–H groups in total. The molecule has 3 atom stereocenters. The number of amides is 1. The van der Waals surface area contributed by atoms with E-state index in [1.54, 1.807) is 0 Å². The molecule has 9 aliphatic heterocycles. The third-order valence-corrected chi connectivity index (χ3v) is 16.5. The van der Waals surface area contributed by atoms with Gasteiger partial charge in [-0.15, -0.1) is 0 Å². The Morgan fingerprint density at radius 2 is 1.08 bits per heavy atom. The van der Waals surface area contributed by atoms with Crippen LogP contribution in [-0.2, 0) is 44.9 Å². The van der Waals surface area contributed by atoms with E-state index in [1.165, 1.54) is 131 Å². The molecule has 0 bridgehead atoms. The van der Waals surface area contributed by atoms with Gasteiger partial charge < -0.3 is 63.7 Å². The lowest BCUT2D eigenvalue weighted by atomic mass is 9.86. The van der Waals surface area contributed by atoms with Crippen molar-refractivity contribution in [3.05, 3.63) is 162 Å². The number of aromatic amines is 1. The number of nitrogens with zero attached hydrogens (tertiary/aromatic N) is 1. The fourth-order valence-corrected chi connectivity index (χ4v) is 11.4. The summed E-state index contributed by atoms with van der Waals surface area (Å²) in [6, 6.07) is 27.4. The highest BCUT2D eigenvalue weighted by molar-refractivity contribution is 5.93. The number of hydrogen-bond acceptors (Lipinski definition) is 5. The van der Waals surface area contributed by atoms with Gasteiger partial charge in [-0.25, -0.2) is 0 Å². The number of carbonyl (C=O) groups is 1. The highest BCUT2D eigenvalue weighted by atomic mass is 16.7. The minimum atomic E-state index is -0.345. The molecule has 14 heteroatoms. The summed E-state index contributed by atoms with van der Waals surface area (Å²) in [5.41, 5.74) is 9.45. The van der Waals surface area contributed by atoms with Gasteiger partial charge in [-0.1, -0.05) is 88.5 Å². The monoisotopic (exact) mass is 1090 g/mol. The van der Waals surface area contributed by atoms with E-state index in [0.29, 0.717) is 6.67 Å². The summed E-state index contributed by atoms with van der Waals surface area (Å²) in [7, 11) is 27.7. The van der Waals surface area contributed by atoms with Crippen LogP contribution in [0.1, 0.15) is 103 Å². The second kappa shape index (κ2) is 34.3. The molecule has 0 saturated carbocycles. The van der Waals surface area contributed by atoms with Crippen molar-refractivity contribution in [1.82, 2.24) is 10.3 Å². The predicted octanol–water partition coefficient (Wildman–Crippen LogP) is 0.770. The van der Waals surface area contributed by atoms with Gasteiger partial charge >= 0.3 is 0 Å². The van der Waals surface area contributed by atoms with Gasteiger partial charge in [0.25, 0.3) is 0 Å². The molecule has 0 aliphatic carbocycles. The fourth-order valence-electron chi connectivity index (χ4n) is 11.4. The van der Waals surface area contributed by atoms with E-state index in [1.807, 2.05) is 18.2 Å². The zero-order chi connectivity index (χ0) is 53.8. The van der Waals surface area contributed by atoms with Gasteiger partial charge in [0.15, 0.2) is 5.79 Å². The van der Waals surface area contributed by atoms with Gasteiger partial charge in [0.2, 0.25) is 5.91 Å². The second-order valence-electron chi connectivity index (χ2n) is 22.5. The van der Waals surface area contributed by atoms with Gasteiger partial charge in [0.1, 0.15) is 5.54 Å². The maximum absolute atomic E-state index is 12.3. The molecule has 6 saturated heterocycles. The van der Waals surface area contributed by atoms with Gasteiger partial charge in [0, 0.05) is 67.1 Å². The van der Waals surface area contributed by atoms with Crippen molar-refractivity contribution in [2.45, 2.75) is 118 Å². The molecule has 4 aromatic rings. The number of likely N-dealkylation sites (tertiary alicyclic amines) is 3. The van der Waals surface area contributed by atoms with Crippen LogP contribution in [0.4, 0.5) is 5.69 Å². The zero-order valence-electron chi connectivity index (χ0n) is 46.6. The first-order chi connectivity index (χ1) is 36.8. The third-order valence-electron chi connectivity index (χ3n) is 16.5. The van der Waals surface area contributed by atoms with Crippen molar-refractivity contribution in [1.29, 1.82) is 0 Å². The smallest absolute Gasteiger partial charge is 0.247 e. The molecular formula is C65H110N10O4. The maximum Gasteiger partial charge on any atom is 0.247 e. The topological polar surface area (TPSA) is 107 Å². The van der Waals surface area contributed by atoms with Crippen LogP contribution in [0.25, 0.3) is 10.9 Å². The van der Waals surface area contributed by atoms with Crippen molar-refractivity contribution in [3.8, 4) is 0 Å². The Hall–Kier alpha value is -4.19. The van der Waals surface area contributed by atoms with Crippen LogP contribution in [0.5, 0.6) is 0 Å². The largest absolute Gasteiger partial charge is 0.468 e. The van der Waals surface area contributed by atoms with Crippen molar-refractivity contribution >= 4 is 22.5 Å². The average Bonchev–Trinajstić information content (AvgIpc) is 4.28. The summed E-state index contributed by atoms with van der Waals surface area (Å²) < 4.78 is 16.2. The normalized spacial score (nSPS) is 24.8. The number of fused-ring (bicyclic) bond motifs is 4. The number of ether oxygens (including phenoxy) is 3. The molecule has 1 aromatic heterocycles. The van der Waals surface area contributed by atoms with Crippen LogP contribution in [0.3, 0.4) is 0 Å². The van der Waals surface area contributed by atoms with E-state index in [-0.39, 0.29) is 39.5 Å². The van der Waals surface area contributed by atoms with E-state index in [0.717, 1.165) is 130 Å². The van der Waals surface area contributed by atoms with Gasteiger partial charge in [0.05, 0.1) is 130 Å². The van der Waals surface area contributed by atoms with Crippen molar-refractivity contribution < 1.29 is 53.3 Å². The second-order valence-corrected chi connectivity index (χ2v) is 22.5. The molecule has 0 radical (unpaired) electrons. The van der Waals surface area contributed by atoms with Crippen molar-refractivity contribution in [2.75, 3.05) is 117 Å². The summed E-state index contributed by atoms with van der Waals surface area (Å²) in [6.07, 6.45) is 13.8. The minimum absolute atomic E-state index is 0. The first-order valence-corrected chi connectivity index (χ1v) is 28.8. The Bertz CT molecular complexity index is 2310. The van der Waals surface area contributed by atoms with Crippen LogP contribution in [0.2, 0.25) is 0 Å². The van der Waals surface area contributed by atoms with Crippen LogP contribution < -0.4 is 44.5 Å². The minimum Gasteiger partial charge on any atom is -0.468 e. The molecule has 444 valence electrons. The number of quaternary nitrogens is 7. The number of carbonyl (C=O) groups excluding carboxylic acids is 1. The lowest BCUT2D eigenvalue weighted by Gasteiger charge is -2.42. The highest BCUT2D eigenvalue weighted by Crippen LogP contribution is 2.34. The third kappa shape index (κ3) is 20.6. The van der Waals surface area contributed by atoms with Crippen LogP contribution in [0, 0.1) is 49.3 Å². The van der Waals surface area contributed by atoms with Gasteiger partial charge in [-0.3, -0.25) is 4.79 Å². The van der Waals surface area contributed by atoms with Crippen molar-refractivity contribution in [2.24, 2.45) is 0 Å². The Balaban J connectivity index is 0.000000202. The number of benzene rings is 3. The first kappa shape index (κ1) is 67.3. The number of H-pyrrole nitrogens is 1. The summed E-state index contributed by atoms with van der Waals surface area (Å²) in [4.78, 5) is 27.5. The Kier molecular flexibility index (Phi) is 29.2. The van der Waals surface area contributed by atoms with Crippen LogP contribution in [-0.4, -0.2) is 134 Å². The summed E-state index contributed by atoms with van der Waals surface area (Å²) in [6.45, 7) is 21.7. The summed E-state index contributed by atoms with van der Waals surface area (Å²) >= 11 is 0. The molecule has 13 rings (SSSR count). The molecule has 9 aliphatic rings. The molecule has 1 amide bonds. The molecule has 2 spiro atoms. The number of piperidine rings is 3. The number of nitrogens with one attached hydrogen (secondary N) is 9. The van der Waals surface area contributed by atoms with E-state index in [9.17, 15) is 4.79 Å². The zero-order valence-corrected chi connectivity index (χ0v) is 46.6. The first-order valence-electron chi connectivity index (χ1n) is 28.8. The number of morpholine rings is 1. The summed E-state index contributed by atoms with van der Waals surface area (Å²) in [5, 5.41) is 4.40. The Labute approximate surface area is 480 Å². The van der Waals surface area contributed by atoms with Gasteiger partial charge in [-0.2, -0.15) is 49.3 Å². The lowest BCUT2D eigenvalue weighted by Crippen LogP contribution is -3.09. The maximum atomic E-state index is 12.3. The lowest BCUT2D eigenvalue weighted by molar-refractivity contribution is -0.870. The molecule has 6 fully saturated rings. The number of para-hydroxylation sites is 2. The summed E-state index contributed by atoms with van der Waals surface area (Å²) in [5.74, 6) is -0.0277.